The lowest BCUT2D eigenvalue weighted by molar-refractivity contribution is -0.385. The lowest BCUT2D eigenvalue weighted by Crippen LogP contribution is -2.12. The van der Waals surface area contributed by atoms with E-state index in [-0.39, 0.29) is 5.69 Å². The zero-order valence-electron chi connectivity index (χ0n) is 8.45. The molecule has 15 heavy (non-hydrogen) atoms. The van der Waals surface area contributed by atoms with Crippen LogP contribution < -0.4 is 10.1 Å². The monoisotopic (exact) mass is 208 g/mol. The van der Waals surface area contributed by atoms with E-state index >= 15 is 0 Å². The maximum absolute atomic E-state index is 10.8. The molecule has 0 radical (unpaired) electrons. The largest absolute Gasteiger partial charge is 0.490 e. The second-order valence-corrected chi connectivity index (χ2v) is 3.47. The maximum atomic E-state index is 10.8. The van der Waals surface area contributed by atoms with Crippen LogP contribution in [0.15, 0.2) is 12.1 Å². The Labute approximate surface area is 87.2 Å². The Hall–Kier alpha value is -1.78. The number of nitro groups is 1. The smallest absolute Gasteiger partial charge is 0.311 e. The number of hydrogen-bond acceptors (Lipinski definition) is 4. The van der Waals surface area contributed by atoms with Gasteiger partial charge >= 0.3 is 5.69 Å². The van der Waals surface area contributed by atoms with Crippen molar-refractivity contribution in [3.63, 3.8) is 0 Å². The van der Waals surface area contributed by atoms with Crippen molar-refractivity contribution < 1.29 is 9.66 Å². The molecule has 0 aromatic heterocycles. The van der Waals surface area contributed by atoms with Crippen molar-refractivity contribution in [2.75, 3.05) is 19.0 Å². The minimum absolute atomic E-state index is 0.0416. The highest BCUT2D eigenvalue weighted by Crippen LogP contribution is 2.35. The van der Waals surface area contributed by atoms with Crippen LogP contribution >= 0.6 is 0 Å². The summed E-state index contributed by atoms with van der Waals surface area (Å²) >= 11 is 0. The molecule has 5 nitrogen and oxygen atoms in total. The molecule has 1 aliphatic heterocycles. The van der Waals surface area contributed by atoms with Gasteiger partial charge in [0.2, 0.25) is 0 Å². The molecule has 0 saturated carbocycles. The van der Waals surface area contributed by atoms with Crippen LogP contribution in [0.3, 0.4) is 0 Å². The molecule has 0 unspecified atom stereocenters. The Morgan fingerprint density at radius 1 is 1.53 bits per heavy atom. The zero-order chi connectivity index (χ0) is 10.8. The molecule has 1 heterocycles. The molecule has 0 bridgehead atoms. The van der Waals surface area contributed by atoms with Crippen molar-refractivity contribution in [1.82, 2.24) is 0 Å². The lowest BCUT2D eigenvalue weighted by Gasteiger charge is -2.18. The Morgan fingerprint density at radius 2 is 2.33 bits per heavy atom. The van der Waals surface area contributed by atoms with Crippen molar-refractivity contribution in [2.45, 2.75) is 12.8 Å². The number of rotatable bonds is 2. The summed E-state index contributed by atoms with van der Waals surface area (Å²) in [5.74, 6) is 0.313. The predicted molar refractivity (Wildman–Crippen MR) is 56.5 cm³/mol. The van der Waals surface area contributed by atoms with E-state index in [9.17, 15) is 10.1 Å². The van der Waals surface area contributed by atoms with Crippen LogP contribution in [-0.4, -0.2) is 18.6 Å². The van der Waals surface area contributed by atoms with Crippen molar-refractivity contribution >= 4 is 11.4 Å². The van der Waals surface area contributed by atoms with Gasteiger partial charge in [-0.1, -0.05) is 0 Å². The van der Waals surface area contributed by atoms with Gasteiger partial charge in [0.05, 0.1) is 12.0 Å². The molecule has 1 aromatic carbocycles. The summed E-state index contributed by atoms with van der Waals surface area (Å²) in [5, 5.41) is 14.0. The highest BCUT2D eigenvalue weighted by molar-refractivity contribution is 5.64. The van der Waals surface area contributed by atoms with Crippen molar-refractivity contribution in [3.05, 3.63) is 27.8 Å². The third-order valence-corrected chi connectivity index (χ3v) is 2.54. The summed E-state index contributed by atoms with van der Waals surface area (Å²) in [4.78, 5) is 10.4. The van der Waals surface area contributed by atoms with Gasteiger partial charge in [-0.25, -0.2) is 0 Å². The fraction of sp³-hybridized carbons (Fsp3) is 0.400. The first-order chi connectivity index (χ1) is 7.22. The summed E-state index contributed by atoms with van der Waals surface area (Å²) in [7, 11) is 1.44. The van der Waals surface area contributed by atoms with Crippen molar-refractivity contribution in [1.29, 1.82) is 0 Å². The highest BCUT2D eigenvalue weighted by atomic mass is 16.6. The Bertz CT molecular complexity index is 404. The second kappa shape index (κ2) is 3.76. The zero-order valence-corrected chi connectivity index (χ0v) is 8.45. The molecule has 2 rings (SSSR count). The standard InChI is InChI=1S/C10H12N2O3/c1-15-10-6-8-7(3-2-4-11-8)5-9(10)12(13)14/h5-6,11H,2-4H2,1H3. The molecule has 0 spiro atoms. The SMILES string of the molecule is COc1cc2c(cc1[N+](=O)[O-])CCCN2. The number of ether oxygens (including phenoxy) is 1. The number of aryl methyl sites for hydroxylation is 1. The molecule has 0 saturated heterocycles. The first-order valence-corrected chi connectivity index (χ1v) is 4.81. The molecule has 0 aliphatic carbocycles. The van der Waals surface area contributed by atoms with Gasteiger partial charge in [-0.15, -0.1) is 0 Å². The number of anilines is 1. The van der Waals surface area contributed by atoms with Gasteiger partial charge in [0.1, 0.15) is 0 Å². The highest BCUT2D eigenvalue weighted by Gasteiger charge is 2.20. The fourth-order valence-electron chi connectivity index (χ4n) is 1.79. The van der Waals surface area contributed by atoms with Gasteiger partial charge in [-0.2, -0.15) is 0 Å². The van der Waals surface area contributed by atoms with E-state index in [0.717, 1.165) is 30.6 Å². The van der Waals surface area contributed by atoms with Crippen LogP contribution in [0.5, 0.6) is 5.75 Å². The van der Waals surface area contributed by atoms with Gasteiger partial charge in [0, 0.05) is 24.4 Å². The molecule has 1 aromatic rings. The summed E-state index contributed by atoms with van der Waals surface area (Å²) in [6.07, 6.45) is 1.89. The van der Waals surface area contributed by atoms with Crippen molar-refractivity contribution in [3.8, 4) is 5.75 Å². The maximum Gasteiger partial charge on any atom is 0.311 e. The predicted octanol–water partition coefficient (Wildman–Crippen LogP) is 1.96. The average molecular weight is 208 g/mol. The summed E-state index contributed by atoms with van der Waals surface area (Å²) < 4.78 is 4.99. The summed E-state index contributed by atoms with van der Waals surface area (Å²) in [6, 6.07) is 3.30. The molecule has 80 valence electrons. The van der Waals surface area contributed by atoms with E-state index in [1.54, 1.807) is 12.1 Å². The molecule has 0 atom stereocenters. The molecular weight excluding hydrogens is 196 g/mol. The molecular formula is C10H12N2O3. The van der Waals surface area contributed by atoms with Gasteiger partial charge in [-0.3, -0.25) is 10.1 Å². The summed E-state index contributed by atoms with van der Waals surface area (Å²) in [6.45, 7) is 0.911. The van der Waals surface area contributed by atoms with Crippen LogP contribution in [0.4, 0.5) is 11.4 Å². The van der Waals surface area contributed by atoms with E-state index in [1.807, 2.05) is 0 Å². The van der Waals surface area contributed by atoms with Crippen LogP contribution in [0.2, 0.25) is 0 Å². The molecule has 0 amide bonds. The first-order valence-electron chi connectivity index (χ1n) is 4.81. The number of benzene rings is 1. The van der Waals surface area contributed by atoms with E-state index in [2.05, 4.69) is 5.32 Å². The third kappa shape index (κ3) is 1.72. The molecule has 5 heteroatoms. The first kappa shape index (κ1) is 9.76. The van der Waals surface area contributed by atoms with E-state index < -0.39 is 4.92 Å². The van der Waals surface area contributed by atoms with Gasteiger partial charge < -0.3 is 10.1 Å². The Morgan fingerprint density at radius 3 is 3.00 bits per heavy atom. The van der Waals surface area contributed by atoms with Crippen LogP contribution in [0.25, 0.3) is 0 Å². The topological polar surface area (TPSA) is 64.4 Å². The minimum atomic E-state index is -0.409. The van der Waals surface area contributed by atoms with Crippen LogP contribution in [0.1, 0.15) is 12.0 Å². The summed E-state index contributed by atoms with van der Waals surface area (Å²) in [5.41, 5.74) is 1.98. The number of nitrogens with zero attached hydrogens (tertiary/aromatic N) is 1. The molecule has 1 N–H and O–H groups in total. The molecule has 1 aliphatic rings. The normalized spacial score (nSPS) is 13.9. The Kier molecular flexibility index (Phi) is 2.45. The van der Waals surface area contributed by atoms with E-state index in [0.29, 0.717) is 5.75 Å². The number of hydrogen-bond donors (Lipinski definition) is 1. The van der Waals surface area contributed by atoms with E-state index in [4.69, 9.17) is 4.74 Å². The van der Waals surface area contributed by atoms with Gasteiger partial charge in [0.15, 0.2) is 5.75 Å². The van der Waals surface area contributed by atoms with Crippen LogP contribution in [0, 0.1) is 10.1 Å². The van der Waals surface area contributed by atoms with Gasteiger partial charge in [0.25, 0.3) is 0 Å². The molecule has 0 fully saturated rings. The number of nitro benzene ring substituents is 1. The third-order valence-electron chi connectivity index (χ3n) is 2.54. The van der Waals surface area contributed by atoms with E-state index in [1.165, 1.54) is 7.11 Å². The minimum Gasteiger partial charge on any atom is -0.490 e. The quantitative estimate of drug-likeness (QED) is 0.596. The van der Waals surface area contributed by atoms with Crippen LogP contribution in [-0.2, 0) is 6.42 Å². The number of fused-ring (bicyclic) bond motifs is 1. The second-order valence-electron chi connectivity index (χ2n) is 3.47. The average Bonchev–Trinajstić information content (AvgIpc) is 2.27. The van der Waals surface area contributed by atoms with Crippen molar-refractivity contribution in [2.24, 2.45) is 0 Å². The number of nitrogens with one attached hydrogen (secondary N) is 1. The lowest BCUT2D eigenvalue weighted by atomic mass is 10.0. The number of methoxy groups -OCH3 is 1. The van der Waals surface area contributed by atoms with Gasteiger partial charge in [-0.05, 0) is 18.4 Å². The Balaban J connectivity index is 2.51. The fourth-order valence-corrected chi connectivity index (χ4v) is 1.79.